The Balaban J connectivity index is 1.69. The van der Waals surface area contributed by atoms with Gasteiger partial charge in [0.05, 0.1) is 5.39 Å². The van der Waals surface area contributed by atoms with Crippen molar-refractivity contribution in [1.82, 2.24) is 9.97 Å². The molecule has 2 aromatic heterocycles. The second-order valence-corrected chi connectivity index (χ2v) is 7.58. The van der Waals surface area contributed by atoms with Gasteiger partial charge in [0.2, 0.25) is 5.88 Å². The molecule has 0 saturated heterocycles. The highest BCUT2D eigenvalue weighted by molar-refractivity contribution is 7.18. The van der Waals surface area contributed by atoms with Gasteiger partial charge in [-0.3, -0.25) is 0 Å². The molecule has 0 amide bonds. The normalized spacial score (nSPS) is 17.2. The lowest BCUT2D eigenvalue weighted by Gasteiger charge is -2.18. The molecule has 5 heteroatoms. The van der Waals surface area contributed by atoms with Gasteiger partial charge in [0.1, 0.15) is 17.8 Å². The zero-order chi connectivity index (χ0) is 15.8. The molecule has 0 N–H and O–H groups in total. The van der Waals surface area contributed by atoms with Crippen molar-refractivity contribution >= 4 is 33.2 Å². The van der Waals surface area contributed by atoms with E-state index >= 15 is 0 Å². The van der Waals surface area contributed by atoms with Crippen molar-refractivity contribution in [2.45, 2.75) is 32.8 Å². The van der Waals surface area contributed by atoms with Gasteiger partial charge in [-0.05, 0) is 36.8 Å². The summed E-state index contributed by atoms with van der Waals surface area (Å²) in [6, 6.07) is 7.74. The predicted octanol–water partition coefficient (Wildman–Crippen LogP) is 5.05. The lowest BCUT2D eigenvalue weighted by Crippen LogP contribution is -2.09. The number of aryl methyl sites for hydroxylation is 1. The van der Waals surface area contributed by atoms with Crippen LogP contribution in [0.2, 0.25) is 5.02 Å². The molecular formula is C18H17ClN2OS. The summed E-state index contributed by atoms with van der Waals surface area (Å²) < 4.78 is 6.01. The lowest BCUT2D eigenvalue weighted by atomic mass is 9.89. The Morgan fingerprint density at radius 1 is 1.30 bits per heavy atom. The Morgan fingerprint density at radius 3 is 3.04 bits per heavy atom. The zero-order valence-electron chi connectivity index (χ0n) is 12.9. The third kappa shape index (κ3) is 2.81. The summed E-state index contributed by atoms with van der Waals surface area (Å²) in [7, 11) is 0. The third-order valence-electron chi connectivity index (χ3n) is 4.38. The molecule has 3 aromatic rings. The predicted molar refractivity (Wildman–Crippen MR) is 94.4 cm³/mol. The topological polar surface area (TPSA) is 35.0 Å². The van der Waals surface area contributed by atoms with Gasteiger partial charge in [-0.2, -0.15) is 0 Å². The molecule has 118 valence electrons. The van der Waals surface area contributed by atoms with E-state index < -0.39 is 0 Å². The van der Waals surface area contributed by atoms with Gasteiger partial charge in [0.25, 0.3) is 0 Å². The van der Waals surface area contributed by atoms with Crippen LogP contribution in [0.1, 0.15) is 29.3 Å². The van der Waals surface area contributed by atoms with Crippen LogP contribution in [0.4, 0.5) is 0 Å². The second kappa shape index (κ2) is 6.10. The first-order chi connectivity index (χ1) is 11.2. The zero-order valence-corrected chi connectivity index (χ0v) is 14.5. The molecule has 3 nitrogen and oxygen atoms in total. The van der Waals surface area contributed by atoms with Gasteiger partial charge in [0, 0.05) is 15.5 Å². The molecule has 0 saturated carbocycles. The minimum absolute atomic E-state index is 0.423. The lowest BCUT2D eigenvalue weighted by molar-refractivity contribution is 0.297. The maximum absolute atomic E-state index is 6.21. The Morgan fingerprint density at radius 2 is 2.17 bits per heavy atom. The number of benzene rings is 1. The number of halogens is 1. The SMILES string of the molecule is C[C@H]1CCc2c(sc3ncnc(OCc4ccccc4Cl)c23)C1. The fourth-order valence-electron chi connectivity index (χ4n) is 3.12. The number of fused-ring (bicyclic) bond motifs is 3. The fourth-order valence-corrected chi connectivity index (χ4v) is 4.65. The van der Waals surface area contributed by atoms with Gasteiger partial charge in [-0.1, -0.05) is 36.7 Å². The minimum Gasteiger partial charge on any atom is -0.472 e. The minimum atomic E-state index is 0.423. The van der Waals surface area contributed by atoms with Gasteiger partial charge in [-0.15, -0.1) is 11.3 Å². The van der Waals surface area contributed by atoms with Crippen molar-refractivity contribution in [3.63, 3.8) is 0 Å². The Kier molecular flexibility index (Phi) is 3.95. The molecule has 1 atom stereocenters. The van der Waals surface area contributed by atoms with Crippen LogP contribution in [0.25, 0.3) is 10.2 Å². The first-order valence-corrected chi connectivity index (χ1v) is 9.03. The number of thiophene rings is 1. The number of rotatable bonds is 3. The van der Waals surface area contributed by atoms with Crippen LogP contribution in [0.3, 0.4) is 0 Å². The van der Waals surface area contributed by atoms with Crippen molar-refractivity contribution in [1.29, 1.82) is 0 Å². The van der Waals surface area contributed by atoms with Crippen molar-refractivity contribution in [2.75, 3.05) is 0 Å². The first kappa shape index (κ1) is 14.9. The van der Waals surface area contributed by atoms with Gasteiger partial charge >= 0.3 is 0 Å². The number of aromatic nitrogens is 2. The smallest absolute Gasteiger partial charge is 0.225 e. The number of ether oxygens (including phenoxy) is 1. The van der Waals surface area contributed by atoms with E-state index in [0.29, 0.717) is 12.5 Å². The van der Waals surface area contributed by atoms with E-state index in [1.807, 2.05) is 24.3 Å². The molecule has 4 rings (SSSR count). The molecule has 1 aromatic carbocycles. The number of hydrogen-bond donors (Lipinski definition) is 0. The summed E-state index contributed by atoms with van der Waals surface area (Å²) >= 11 is 7.99. The van der Waals surface area contributed by atoms with Crippen LogP contribution in [-0.4, -0.2) is 9.97 Å². The van der Waals surface area contributed by atoms with Gasteiger partial charge in [0.15, 0.2) is 0 Å². The summed E-state index contributed by atoms with van der Waals surface area (Å²) in [5.74, 6) is 1.43. The van der Waals surface area contributed by atoms with Gasteiger partial charge < -0.3 is 4.74 Å². The van der Waals surface area contributed by atoms with Crippen LogP contribution in [0.5, 0.6) is 5.88 Å². The second-order valence-electron chi connectivity index (χ2n) is 6.09. The Hall–Kier alpha value is -1.65. The number of hydrogen-bond acceptors (Lipinski definition) is 4. The molecule has 1 aliphatic rings. The molecule has 23 heavy (non-hydrogen) atoms. The van der Waals surface area contributed by atoms with Crippen molar-refractivity contribution < 1.29 is 4.74 Å². The summed E-state index contributed by atoms with van der Waals surface area (Å²) in [5, 5.41) is 1.82. The summed E-state index contributed by atoms with van der Waals surface area (Å²) in [4.78, 5) is 11.3. The molecular weight excluding hydrogens is 328 g/mol. The first-order valence-electron chi connectivity index (χ1n) is 7.84. The average Bonchev–Trinajstić information content (AvgIpc) is 2.92. The van der Waals surface area contributed by atoms with Crippen LogP contribution in [-0.2, 0) is 19.4 Å². The maximum atomic E-state index is 6.21. The largest absolute Gasteiger partial charge is 0.472 e. The van der Waals surface area contributed by atoms with E-state index in [0.717, 1.165) is 39.6 Å². The molecule has 2 heterocycles. The maximum Gasteiger partial charge on any atom is 0.225 e. The number of nitrogens with zero attached hydrogens (tertiary/aromatic N) is 2. The molecule has 0 radical (unpaired) electrons. The monoisotopic (exact) mass is 344 g/mol. The molecule has 0 fully saturated rings. The summed E-state index contributed by atoms with van der Waals surface area (Å²) in [6.45, 7) is 2.74. The molecule has 0 spiro atoms. The molecule has 0 aliphatic heterocycles. The highest BCUT2D eigenvalue weighted by atomic mass is 35.5. The Bertz CT molecular complexity index is 861. The van der Waals surface area contributed by atoms with Crippen molar-refractivity contribution in [2.24, 2.45) is 5.92 Å². The van der Waals surface area contributed by atoms with E-state index in [1.54, 1.807) is 17.7 Å². The quantitative estimate of drug-likeness (QED) is 0.667. The highest BCUT2D eigenvalue weighted by Gasteiger charge is 2.23. The van der Waals surface area contributed by atoms with E-state index in [4.69, 9.17) is 16.3 Å². The fraction of sp³-hybridized carbons (Fsp3) is 0.333. The van der Waals surface area contributed by atoms with Crippen molar-refractivity contribution in [3.05, 3.63) is 51.6 Å². The van der Waals surface area contributed by atoms with E-state index in [-0.39, 0.29) is 0 Å². The van der Waals surface area contributed by atoms with Crippen LogP contribution >= 0.6 is 22.9 Å². The van der Waals surface area contributed by atoms with Crippen molar-refractivity contribution in [3.8, 4) is 5.88 Å². The van der Waals surface area contributed by atoms with Gasteiger partial charge in [-0.25, -0.2) is 9.97 Å². The van der Waals surface area contributed by atoms with Crippen LogP contribution in [0.15, 0.2) is 30.6 Å². The summed E-state index contributed by atoms with van der Waals surface area (Å²) in [5.41, 5.74) is 2.36. The standard InChI is InChI=1S/C18H17ClN2OS/c1-11-6-7-13-15(8-11)23-18-16(13)17(20-10-21-18)22-9-12-4-2-3-5-14(12)19/h2-5,10-11H,6-9H2,1H3/t11-/m0/s1. The molecule has 1 aliphatic carbocycles. The third-order valence-corrected chi connectivity index (χ3v) is 5.91. The van der Waals surface area contributed by atoms with E-state index in [2.05, 4.69) is 16.9 Å². The molecule has 0 unspecified atom stereocenters. The summed E-state index contributed by atoms with van der Waals surface area (Å²) in [6.07, 6.45) is 5.04. The average molecular weight is 345 g/mol. The van der Waals surface area contributed by atoms with Crippen LogP contribution in [0, 0.1) is 5.92 Å². The highest BCUT2D eigenvalue weighted by Crippen LogP contribution is 2.40. The van der Waals surface area contributed by atoms with E-state index in [9.17, 15) is 0 Å². The molecule has 0 bridgehead atoms. The van der Waals surface area contributed by atoms with Crippen LogP contribution < -0.4 is 4.74 Å². The van der Waals surface area contributed by atoms with E-state index in [1.165, 1.54) is 16.9 Å². The Labute approximate surface area is 144 Å².